The van der Waals surface area contributed by atoms with Gasteiger partial charge in [0.1, 0.15) is 11.6 Å². The molecule has 2 N–H and O–H groups in total. The second-order valence-corrected chi connectivity index (χ2v) is 6.11. The van der Waals surface area contributed by atoms with Gasteiger partial charge in [0.2, 0.25) is 5.91 Å². The molecule has 21 heavy (non-hydrogen) atoms. The van der Waals surface area contributed by atoms with E-state index in [0.717, 1.165) is 24.6 Å². The van der Waals surface area contributed by atoms with Crippen LogP contribution in [0.3, 0.4) is 0 Å². The van der Waals surface area contributed by atoms with Crippen LogP contribution in [0, 0.1) is 17.0 Å². The molecule has 1 aliphatic rings. The van der Waals surface area contributed by atoms with Gasteiger partial charge in [-0.3, -0.25) is 4.79 Å². The van der Waals surface area contributed by atoms with Gasteiger partial charge in [-0.25, -0.2) is 8.78 Å². The van der Waals surface area contributed by atoms with Crippen molar-refractivity contribution < 1.29 is 13.6 Å². The first kappa shape index (κ1) is 17.9. The lowest BCUT2D eigenvalue weighted by Crippen LogP contribution is -2.54. The van der Waals surface area contributed by atoms with Gasteiger partial charge in [0.05, 0.1) is 6.42 Å². The van der Waals surface area contributed by atoms with Gasteiger partial charge in [-0.1, -0.05) is 13.8 Å². The zero-order chi connectivity index (χ0) is 14.9. The van der Waals surface area contributed by atoms with Crippen LogP contribution in [-0.2, 0) is 11.2 Å². The first-order chi connectivity index (χ1) is 9.29. The first-order valence-corrected chi connectivity index (χ1v) is 6.77. The second-order valence-electron chi connectivity index (χ2n) is 6.11. The molecule has 3 nitrogen and oxygen atoms in total. The van der Waals surface area contributed by atoms with Crippen LogP contribution in [0.2, 0.25) is 0 Å². The van der Waals surface area contributed by atoms with Gasteiger partial charge in [-0.2, -0.15) is 0 Å². The summed E-state index contributed by atoms with van der Waals surface area (Å²) in [6.07, 6.45) is 0.610. The van der Waals surface area contributed by atoms with Gasteiger partial charge in [-0.05, 0) is 30.0 Å². The highest BCUT2D eigenvalue weighted by Gasteiger charge is 2.35. The van der Waals surface area contributed by atoms with E-state index in [9.17, 15) is 13.6 Å². The average molecular weight is 319 g/mol. The van der Waals surface area contributed by atoms with Crippen molar-refractivity contribution in [2.75, 3.05) is 13.1 Å². The Morgan fingerprint density at radius 3 is 2.71 bits per heavy atom. The second kappa shape index (κ2) is 6.71. The third kappa shape index (κ3) is 4.14. The maximum absolute atomic E-state index is 13.6. The van der Waals surface area contributed by atoms with Gasteiger partial charge in [0.25, 0.3) is 0 Å². The molecule has 0 saturated carbocycles. The molecule has 0 spiro atoms. The predicted octanol–water partition coefficient (Wildman–Crippen LogP) is 2.51. The minimum Gasteiger partial charge on any atom is -0.342 e. The van der Waals surface area contributed by atoms with Crippen molar-refractivity contribution in [1.29, 1.82) is 0 Å². The number of benzene rings is 1. The van der Waals surface area contributed by atoms with E-state index in [1.54, 1.807) is 4.90 Å². The molecule has 1 unspecified atom stereocenters. The normalized spacial score (nSPS) is 20.8. The Labute approximate surface area is 129 Å². The summed E-state index contributed by atoms with van der Waals surface area (Å²) in [6, 6.07) is 3.23. The molecule has 6 heteroatoms. The molecule has 1 amide bonds. The van der Waals surface area contributed by atoms with Crippen LogP contribution in [0.4, 0.5) is 8.78 Å². The van der Waals surface area contributed by atoms with Gasteiger partial charge in [-0.15, -0.1) is 12.4 Å². The van der Waals surface area contributed by atoms with E-state index in [1.807, 2.05) is 13.8 Å². The van der Waals surface area contributed by atoms with Crippen LogP contribution in [0.25, 0.3) is 0 Å². The molecule has 1 fully saturated rings. The molecule has 1 atom stereocenters. The number of carbonyl (C=O) groups is 1. The van der Waals surface area contributed by atoms with Gasteiger partial charge in [0.15, 0.2) is 0 Å². The molecule has 0 aliphatic carbocycles. The Morgan fingerprint density at radius 2 is 2.10 bits per heavy atom. The summed E-state index contributed by atoms with van der Waals surface area (Å²) < 4.78 is 26.7. The number of likely N-dealkylation sites (tertiary alicyclic amines) is 1. The van der Waals surface area contributed by atoms with Crippen LogP contribution in [0.15, 0.2) is 18.2 Å². The van der Waals surface area contributed by atoms with Crippen LogP contribution in [-0.4, -0.2) is 29.9 Å². The summed E-state index contributed by atoms with van der Waals surface area (Å²) in [5, 5.41) is 0. The Morgan fingerprint density at radius 1 is 1.43 bits per heavy atom. The van der Waals surface area contributed by atoms with E-state index in [2.05, 4.69) is 0 Å². The molecule has 0 bridgehead atoms. The number of rotatable bonds is 2. The zero-order valence-corrected chi connectivity index (χ0v) is 13.1. The lowest BCUT2D eigenvalue weighted by atomic mass is 9.79. The minimum absolute atomic E-state index is 0. The van der Waals surface area contributed by atoms with Crippen molar-refractivity contribution in [2.24, 2.45) is 11.1 Å². The summed E-state index contributed by atoms with van der Waals surface area (Å²) in [5.41, 5.74) is 5.97. The number of carbonyl (C=O) groups excluding carboxylic acids is 1. The summed E-state index contributed by atoms with van der Waals surface area (Å²) in [7, 11) is 0. The van der Waals surface area contributed by atoms with Crippen LogP contribution in [0.1, 0.15) is 25.8 Å². The largest absolute Gasteiger partial charge is 0.342 e. The molecule has 1 aliphatic heterocycles. The van der Waals surface area contributed by atoms with Crippen molar-refractivity contribution in [2.45, 2.75) is 32.7 Å². The number of hydrogen-bond donors (Lipinski definition) is 1. The van der Waals surface area contributed by atoms with E-state index in [4.69, 9.17) is 5.73 Å². The highest BCUT2D eigenvalue weighted by atomic mass is 35.5. The number of nitrogens with zero attached hydrogens (tertiary/aromatic N) is 1. The first-order valence-electron chi connectivity index (χ1n) is 6.77. The molecule has 0 radical (unpaired) electrons. The number of piperidine rings is 1. The SMILES string of the molecule is CC1(C)CN(C(=O)Cc2cc(F)ccc2F)CCC1N.Cl. The number of halogens is 3. The smallest absolute Gasteiger partial charge is 0.227 e. The third-order valence-corrected chi connectivity index (χ3v) is 4.01. The minimum atomic E-state index is -0.548. The predicted molar refractivity (Wildman–Crippen MR) is 80.3 cm³/mol. The van der Waals surface area contributed by atoms with Gasteiger partial charge >= 0.3 is 0 Å². The Balaban J connectivity index is 0.00000220. The van der Waals surface area contributed by atoms with Gasteiger partial charge < -0.3 is 10.6 Å². The van der Waals surface area contributed by atoms with Crippen LogP contribution in [0.5, 0.6) is 0 Å². The summed E-state index contributed by atoms with van der Waals surface area (Å²) in [6.45, 7) is 5.14. The monoisotopic (exact) mass is 318 g/mol. The summed E-state index contributed by atoms with van der Waals surface area (Å²) in [5.74, 6) is -1.27. The van der Waals surface area contributed by atoms with E-state index in [1.165, 1.54) is 0 Å². The zero-order valence-electron chi connectivity index (χ0n) is 12.2. The van der Waals surface area contributed by atoms with E-state index in [-0.39, 0.29) is 41.8 Å². The van der Waals surface area contributed by atoms with Crippen molar-refractivity contribution in [3.63, 3.8) is 0 Å². The highest BCUT2D eigenvalue weighted by Crippen LogP contribution is 2.28. The van der Waals surface area contributed by atoms with Crippen molar-refractivity contribution >= 4 is 18.3 Å². The van der Waals surface area contributed by atoms with Crippen LogP contribution < -0.4 is 5.73 Å². The number of hydrogen-bond acceptors (Lipinski definition) is 2. The summed E-state index contributed by atoms with van der Waals surface area (Å²) in [4.78, 5) is 13.9. The van der Waals surface area contributed by atoms with E-state index < -0.39 is 11.6 Å². The standard InChI is InChI=1S/C15H20F2N2O.ClH/c1-15(2)9-19(6-5-13(15)18)14(20)8-10-7-11(16)3-4-12(10)17;/h3-4,7,13H,5-6,8-9,18H2,1-2H3;1H. The molecule has 1 saturated heterocycles. The van der Waals surface area contributed by atoms with Crippen LogP contribution >= 0.6 is 12.4 Å². The maximum atomic E-state index is 13.6. The van der Waals surface area contributed by atoms with Crippen molar-refractivity contribution in [3.05, 3.63) is 35.4 Å². The molecule has 1 aromatic carbocycles. The Bertz CT molecular complexity index is 522. The molecule has 1 heterocycles. The molecule has 0 aromatic heterocycles. The van der Waals surface area contributed by atoms with E-state index in [0.29, 0.717) is 13.1 Å². The number of nitrogens with two attached hydrogens (primary N) is 1. The Kier molecular flexibility index (Phi) is 5.70. The molecular formula is C15H21ClF2N2O. The molecule has 118 valence electrons. The topological polar surface area (TPSA) is 46.3 Å². The van der Waals surface area contributed by atoms with Crippen molar-refractivity contribution in [3.8, 4) is 0 Å². The fourth-order valence-corrected chi connectivity index (χ4v) is 2.54. The highest BCUT2D eigenvalue weighted by molar-refractivity contribution is 5.85. The third-order valence-electron chi connectivity index (χ3n) is 4.01. The lowest BCUT2D eigenvalue weighted by Gasteiger charge is -2.42. The quantitative estimate of drug-likeness (QED) is 0.910. The van der Waals surface area contributed by atoms with Crippen molar-refractivity contribution in [1.82, 2.24) is 4.90 Å². The lowest BCUT2D eigenvalue weighted by molar-refractivity contribution is -0.133. The molecular weight excluding hydrogens is 298 g/mol. The summed E-state index contributed by atoms with van der Waals surface area (Å²) >= 11 is 0. The molecule has 2 rings (SSSR count). The average Bonchev–Trinajstić information content (AvgIpc) is 2.37. The van der Waals surface area contributed by atoms with E-state index >= 15 is 0 Å². The fourth-order valence-electron chi connectivity index (χ4n) is 2.54. The fraction of sp³-hybridized carbons (Fsp3) is 0.533. The van der Waals surface area contributed by atoms with Gasteiger partial charge in [0, 0.05) is 24.7 Å². The maximum Gasteiger partial charge on any atom is 0.227 e. The Hall–Kier alpha value is -1.20. The molecule has 1 aromatic rings. The number of amides is 1.